The van der Waals surface area contributed by atoms with E-state index in [-0.39, 0.29) is 36.8 Å². The number of urea groups is 1. The molecule has 1 saturated carbocycles. The Kier molecular flexibility index (Phi) is 10.2. The third-order valence-corrected chi connectivity index (χ3v) is 7.89. The van der Waals surface area contributed by atoms with Crippen molar-refractivity contribution in [1.29, 1.82) is 0 Å². The van der Waals surface area contributed by atoms with Crippen LogP contribution in [0.25, 0.3) is 0 Å². The van der Waals surface area contributed by atoms with Crippen LogP contribution in [0.4, 0.5) is 4.79 Å². The van der Waals surface area contributed by atoms with Gasteiger partial charge in [-0.05, 0) is 61.6 Å². The maximum Gasteiger partial charge on any atom is 0.343 e. The number of hydrogen-bond acceptors (Lipinski definition) is 6. The van der Waals surface area contributed by atoms with Crippen LogP contribution in [0, 0.1) is 11.8 Å². The Morgan fingerprint density at radius 3 is 2.55 bits per heavy atom. The van der Waals surface area contributed by atoms with E-state index in [0.717, 1.165) is 31.2 Å². The fraction of sp³-hybridized carbons (Fsp3) is 0.679. The maximum absolute atomic E-state index is 13.9. The van der Waals surface area contributed by atoms with Gasteiger partial charge in [-0.3, -0.25) is 24.4 Å². The molecule has 3 fully saturated rings. The first-order chi connectivity index (χ1) is 19.2. The molecule has 1 aromatic rings. The molecule has 2 saturated heterocycles. The minimum atomic E-state index is -0.860. The number of carbonyl (C=O) groups is 3. The van der Waals surface area contributed by atoms with Crippen molar-refractivity contribution in [1.82, 2.24) is 25.2 Å². The number of pyridine rings is 1. The van der Waals surface area contributed by atoms with E-state index in [1.54, 1.807) is 17.3 Å². The summed E-state index contributed by atoms with van der Waals surface area (Å²) in [5.74, 6) is 0.213. The Morgan fingerprint density at radius 1 is 1.15 bits per heavy atom. The van der Waals surface area contributed by atoms with E-state index < -0.39 is 24.3 Å². The molecule has 3 aliphatic rings. The molecular weight excluding hydrogens is 512 g/mol. The molecule has 0 spiro atoms. The first-order valence-electron chi connectivity index (χ1n) is 14.5. The normalized spacial score (nSPS) is 23.8. The lowest BCUT2D eigenvalue weighted by Crippen LogP contribution is -2.74. The van der Waals surface area contributed by atoms with Gasteiger partial charge in [0, 0.05) is 32.0 Å². The van der Waals surface area contributed by atoms with E-state index in [0.29, 0.717) is 38.3 Å². The summed E-state index contributed by atoms with van der Waals surface area (Å²) in [7, 11) is 0. The van der Waals surface area contributed by atoms with Crippen LogP contribution in [0.3, 0.4) is 0 Å². The monoisotopic (exact) mass is 556 g/mol. The SMILES string of the molecule is CC(C)C[C@H]1ON(C(=O)NCc2ccncc2)C2CN(CC3CCCCC3)C(=O)[C@H](CCCN=C(N)N)N2C1=O. The van der Waals surface area contributed by atoms with Gasteiger partial charge in [-0.25, -0.2) is 4.79 Å². The molecule has 0 aromatic carbocycles. The Balaban J connectivity index is 1.60. The molecule has 0 bridgehead atoms. The van der Waals surface area contributed by atoms with E-state index in [4.69, 9.17) is 16.3 Å². The third-order valence-electron chi connectivity index (χ3n) is 7.89. The van der Waals surface area contributed by atoms with Gasteiger partial charge < -0.3 is 26.6 Å². The molecule has 1 unspecified atom stereocenters. The van der Waals surface area contributed by atoms with Gasteiger partial charge >= 0.3 is 6.03 Å². The number of aromatic nitrogens is 1. The number of amides is 4. The van der Waals surface area contributed by atoms with Gasteiger partial charge in [-0.15, -0.1) is 0 Å². The van der Waals surface area contributed by atoms with Crippen LogP contribution in [0.1, 0.15) is 70.8 Å². The molecule has 40 heavy (non-hydrogen) atoms. The standard InChI is InChI=1S/C28H44N8O4/c1-19(2)15-23-26(38)35-22(9-6-12-32-27(29)30)25(37)34(17-21-7-4-3-5-8-21)18-24(35)36(40-23)28(39)33-16-20-10-13-31-14-11-20/h10-11,13-14,19,21-24H,3-9,12,15-18H2,1-2H3,(H,33,39)(H4,29,30,32)/t22-,23+,24?/m0/s1. The van der Waals surface area contributed by atoms with E-state index in [2.05, 4.69) is 15.3 Å². The predicted molar refractivity (Wildman–Crippen MR) is 150 cm³/mol. The van der Waals surface area contributed by atoms with Gasteiger partial charge in [-0.1, -0.05) is 33.1 Å². The van der Waals surface area contributed by atoms with Crippen LogP contribution in [-0.4, -0.2) is 81.6 Å². The Hall–Kier alpha value is -3.41. The van der Waals surface area contributed by atoms with Crippen molar-refractivity contribution < 1.29 is 19.2 Å². The summed E-state index contributed by atoms with van der Waals surface area (Å²) in [5.41, 5.74) is 11.9. The molecule has 4 rings (SSSR count). The summed E-state index contributed by atoms with van der Waals surface area (Å²) in [6.45, 7) is 5.45. The molecule has 1 aliphatic carbocycles. The number of nitrogens with two attached hydrogens (primary N) is 2. The van der Waals surface area contributed by atoms with Gasteiger partial charge in [-0.2, -0.15) is 5.06 Å². The van der Waals surface area contributed by atoms with Gasteiger partial charge in [0.05, 0.1) is 6.54 Å². The maximum atomic E-state index is 13.9. The molecule has 4 amide bonds. The van der Waals surface area contributed by atoms with Crippen molar-refractivity contribution in [3.63, 3.8) is 0 Å². The molecule has 3 heterocycles. The van der Waals surface area contributed by atoms with Crippen molar-refractivity contribution in [3.8, 4) is 0 Å². The number of fused-ring (bicyclic) bond motifs is 1. The topological polar surface area (TPSA) is 159 Å². The summed E-state index contributed by atoms with van der Waals surface area (Å²) < 4.78 is 0. The molecule has 2 aliphatic heterocycles. The Morgan fingerprint density at radius 2 is 1.88 bits per heavy atom. The second-order valence-corrected chi connectivity index (χ2v) is 11.5. The molecule has 0 radical (unpaired) electrons. The van der Waals surface area contributed by atoms with Gasteiger partial charge in [0.1, 0.15) is 6.04 Å². The van der Waals surface area contributed by atoms with Crippen LogP contribution in [-0.2, 0) is 21.0 Å². The van der Waals surface area contributed by atoms with E-state index in [1.165, 1.54) is 11.5 Å². The molecule has 220 valence electrons. The molecule has 12 heteroatoms. The second kappa shape index (κ2) is 13.8. The van der Waals surface area contributed by atoms with Crippen LogP contribution >= 0.6 is 0 Å². The number of nitrogens with zero attached hydrogens (tertiary/aromatic N) is 5. The largest absolute Gasteiger partial charge is 0.370 e. The lowest BCUT2D eigenvalue weighted by molar-refractivity contribution is -0.262. The summed E-state index contributed by atoms with van der Waals surface area (Å²) in [5, 5.41) is 4.22. The number of rotatable bonds is 10. The van der Waals surface area contributed by atoms with Crippen molar-refractivity contribution in [2.75, 3.05) is 19.6 Å². The van der Waals surface area contributed by atoms with Crippen molar-refractivity contribution >= 4 is 23.8 Å². The first kappa shape index (κ1) is 29.6. The van der Waals surface area contributed by atoms with E-state index >= 15 is 0 Å². The number of guanidine groups is 1. The zero-order chi connectivity index (χ0) is 28.6. The van der Waals surface area contributed by atoms with Crippen LogP contribution in [0.5, 0.6) is 0 Å². The zero-order valence-corrected chi connectivity index (χ0v) is 23.7. The lowest BCUT2D eigenvalue weighted by Gasteiger charge is -2.53. The van der Waals surface area contributed by atoms with Gasteiger partial charge in [0.2, 0.25) is 5.91 Å². The Bertz CT molecular complexity index is 1040. The average molecular weight is 557 g/mol. The summed E-state index contributed by atoms with van der Waals surface area (Å²) >= 11 is 0. The highest BCUT2D eigenvalue weighted by atomic mass is 16.7. The molecular formula is C28H44N8O4. The van der Waals surface area contributed by atoms with Crippen molar-refractivity contribution in [2.45, 2.75) is 90.1 Å². The minimum Gasteiger partial charge on any atom is -0.370 e. The molecule has 3 atom stereocenters. The lowest BCUT2D eigenvalue weighted by atomic mass is 9.88. The highest BCUT2D eigenvalue weighted by Gasteiger charge is 2.52. The number of hydrogen-bond donors (Lipinski definition) is 3. The molecule has 5 N–H and O–H groups in total. The Labute approximate surface area is 236 Å². The molecule has 1 aromatic heterocycles. The number of aliphatic imine (C=N–C) groups is 1. The number of carbonyl (C=O) groups excluding carboxylic acids is 3. The van der Waals surface area contributed by atoms with Crippen LogP contribution in [0.15, 0.2) is 29.5 Å². The van der Waals surface area contributed by atoms with Gasteiger partial charge in [0.15, 0.2) is 18.2 Å². The summed E-state index contributed by atoms with van der Waals surface area (Å²) in [6.07, 6.45) is 8.77. The fourth-order valence-electron chi connectivity index (χ4n) is 5.93. The predicted octanol–water partition coefficient (Wildman–Crippen LogP) is 1.95. The molecule has 12 nitrogen and oxygen atoms in total. The van der Waals surface area contributed by atoms with Crippen molar-refractivity contribution in [3.05, 3.63) is 30.1 Å². The summed E-state index contributed by atoms with van der Waals surface area (Å²) in [4.78, 5) is 59.0. The highest BCUT2D eigenvalue weighted by Crippen LogP contribution is 2.33. The minimum absolute atomic E-state index is 0.0109. The van der Waals surface area contributed by atoms with Gasteiger partial charge in [0.25, 0.3) is 5.91 Å². The van der Waals surface area contributed by atoms with Crippen LogP contribution < -0.4 is 16.8 Å². The average Bonchev–Trinajstić information content (AvgIpc) is 2.93. The highest BCUT2D eigenvalue weighted by molar-refractivity contribution is 5.92. The quantitative estimate of drug-likeness (QED) is 0.226. The van der Waals surface area contributed by atoms with Crippen LogP contribution in [0.2, 0.25) is 0 Å². The van der Waals surface area contributed by atoms with E-state index in [1.807, 2.05) is 30.9 Å². The summed E-state index contributed by atoms with van der Waals surface area (Å²) in [6, 6.07) is 2.48. The first-order valence-corrected chi connectivity index (χ1v) is 14.5. The van der Waals surface area contributed by atoms with Crippen molar-refractivity contribution in [2.24, 2.45) is 28.3 Å². The number of nitrogens with one attached hydrogen (secondary N) is 1. The smallest absolute Gasteiger partial charge is 0.343 e. The fourth-order valence-corrected chi connectivity index (χ4v) is 5.93. The second-order valence-electron chi connectivity index (χ2n) is 11.5. The third kappa shape index (κ3) is 7.41. The number of hydroxylamine groups is 2. The zero-order valence-electron chi connectivity index (χ0n) is 23.7. The van der Waals surface area contributed by atoms with E-state index in [9.17, 15) is 14.4 Å². The number of piperazine rings is 1.